The molecule has 0 spiro atoms. The number of hydrogen-bond donors (Lipinski definition) is 2. The number of anilines is 2. The molecule has 26 heavy (non-hydrogen) atoms. The second-order valence-electron chi connectivity index (χ2n) is 6.17. The van der Waals surface area contributed by atoms with Gasteiger partial charge in [0.2, 0.25) is 0 Å². The summed E-state index contributed by atoms with van der Waals surface area (Å²) in [4.78, 5) is 31.7. The van der Waals surface area contributed by atoms with Gasteiger partial charge in [0.1, 0.15) is 4.88 Å². The first kappa shape index (κ1) is 19.9. The third-order valence-electron chi connectivity index (χ3n) is 3.76. The summed E-state index contributed by atoms with van der Waals surface area (Å²) >= 11 is 1.22. The molecule has 0 aliphatic rings. The van der Waals surface area contributed by atoms with Crippen molar-refractivity contribution in [3.63, 3.8) is 0 Å². The van der Waals surface area contributed by atoms with Crippen LogP contribution in [0.2, 0.25) is 0 Å². The van der Waals surface area contributed by atoms with Crippen LogP contribution in [0.4, 0.5) is 15.6 Å². The first-order chi connectivity index (χ1) is 12.4. The van der Waals surface area contributed by atoms with Crippen LogP contribution in [0.5, 0.6) is 0 Å². The molecule has 0 saturated heterocycles. The van der Waals surface area contributed by atoms with Crippen LogP contribution in [0, 0.1) is 13.8 Å². The smallest absolute Gasteiger partial charge is 0.325 e. The summed E-state index contributed by atoms with van der Waals surface area (Å²) in [5.74, 6) is -0.0177. The Balaban J connectivity index is 2.06. The van der Waals surface area contributed by atoms with Crippen LogP contribution in [0.25, 0.3) is 0 Å². The molecule has 7 heteroatoms. The van der Waals surface area contributed by atoms with Gasteiger partial charge in [-0.15, -0.1) is 0 Å². The molecule has 3 amide bonds. The molecule has 0 saturated carbocycles. The third kappa shape index (κ3) is 5.29. The van der Waals surface area contributed by atoms with Crippen LogP contribution in [-0.4, -0.2) is 34.9 Å². The van der Waals surface area contributed by atoms with Gasteiger partial charge >= 0.3 is 6.03 Å². The summed E-state index contributed by atoms with van der Waals surface area (Å²) in [6.45, 7) is 9.31. The zero-order chi connectivity index (χ0) is 19.1. The Kier molecular flexibility index (Phi) is 7.15. The zero-order valence-electron chi connectivity index (χ0n) is 15.8. The predicted octanol–water partition coefficient (Wildman–Crippen LogP) is 4.67. The second-order valence-corrected chi connectivity index (χ2v) is 7.17. The van der Waals surface area contributed by atoms with Gasteiger partial charge in [-0.05, 0) is 44.4 Å². The fourth-order valence-electron chi connectivity index (χ4n) is 2.63. The Bertz CT molecular complexity index is 767. The molecule has 0 unspecified atom stereocenters. The molecule has 140 valence electrons. The maximum absolute atomic E-state index is 12.7. The molecule has 1 heterocycles. The van der Waals surface area contributed by atoms with Crippen LogP contribution in [0.15, 0.2) is 24.3 Å². The Morgan fingerprint density at radius 2 is 1.81 bits per heavy atom. The number of benzene rings is 1. The van der Waals surface area contributed by atoms with Gasteiger partial charge in [-0.1, -0.05) is 37.3 Å². The van der Waals surface area contributed by atoms with Crippen molar-refractivity contribution in [2.45, 2.75) is 40.5 Å². The van der Waals surface area contributed by atoms with Gasteiger partial charge < -0.3 is 10.2 Å². The molecule has 0 aliphatic carbocycles. The fraction of sp³-hybridized carbons (Fsp3) is 0.421. The molecular formula is C19H26N4O2S. The lowest BCUT2D eigenvalue weighted by molar-refractivity contribution is 0.0759. The molecule has 0 bridgehead atoms. The first-order valence-electron chi connectivity index (χ1n) is 8.86. The summed E-state index contributed by atoms with van der Waals surface area (Å²) in [5.41, 5.74) is 2.42. The summed E-state index contributed by atoms with van der Waals surface area (Å²) in [6.07, 6.45) is 1.82. The van der Waals surface area contributed by atoms with Gasteiger partial charge in [-0.3, -0.25) is 10.1 Å². The van der Waals surface area contributed by atoms with Gasteiger partial charge in [0.25, 0.3) is 5.91 Å². The monoisotopic (exact) mass is 374 g/mol. The number of aromatic nitrogens is 1. The zero-order valence-corrected chi connectivity index (χ0v) is 16.6. The molecule has 2 N–H and O–H groups in total. The number of carbonyl (C=O) groups excluding carboxylic acids is 2. The standard InChI is InChI=1S/C19H26N4O2S/c1-5-10-23(11-6-2)17(24)16-14(4)20-19(26-16)22-18(25)21-15-9-7-8-13(3)12-15/h7-9,12H,5-6,10-11H2,1-4H3,(H2,20,21,22,25). The van der Waals surface area contributed by atoms with Gasteiger partial charge in [0, 0.05) is 18.8 Å². The van der Waals surface area contributed by atoms with E-state index >= 15 is 0 Å². The SMILES string of the molecule is CCCN(CCC)C(=O)c1sc(NC(=O)Nc2cccc(C)c2)nc1C. The van der Waals surface area contributed by atoms with Gasteiger partial charge in [0.15, 0.2) is 5.13 Å². The minimum absolute atomic E-state index is 0.0177. The highest BCUT2D eigenvalue weighted by molar-refractivity contribution is 7.17. The Morgan fingerprint density at radius 1 is 1.12 bits per heavy atom. The van der Waals surface area contributed by atoms with E-state index < -0.39 is 0 Å². The van der Waals surface area contributed by atoms with Crippen molar-refractivity contribution in [2.24, 2.45) is 0 Å². The number of urea groups is 1. The number of rotatable bonds is 7. The highest BCUT2D eigenvalue weighted by Crippen LogP contribution is 2.24. The summed E-state index contributed by atoms with van der Waals surface area (Å²) in [5, 5.41) is 5.91. The van der Waals surface area contributed by atoms with Gasteiger partial charge in [-0.2, -0.15) is 0 Å². The quantitative estimate of drug-likeness (QED) is 0.740. The highest BCUT2D eigenvalue weighted by Gasteiger charge is 2.21. The van der Waals surface area contributed by atoms with Crippen molar-refractivity contribution in [2.75, 3.05) is 23.7 Å². The molecule has 1 aromatic heterocycles. The van der Waals surface area contributed by atoms with Crippen molar-refractivity contribution in [3.05, 3.63) is 40.4 Å². The van der Waals surface area contributed by atoms with Gasteiger partial charge in [-0.25, -0.2) is 9.78 Å². The minimum Gasteiger partial charge on any atom is -0.338 e. The van der Waals surface area contributed by atoms with Crippen LogP contribution in [0.3, 0.4) is 0 Å². The van der Waals surface area contributed by atoms with Crippen molar-refractivity contribution in [3.8, 4) is 0 Å². The minimum atomic E-state index is -0.373. The number of amides is 3. The van der Waals surface area contributed by atoms with Crippen molar-refractivity contribution < 1.29 is 9.59 Å². The molecule has 0 atom stereocenters. The number of thiazole rings is 1. The normalized spacial score (nSPS) is 10.5. The van der Waals surface area contributed by atoms with Gasteiger partial charge in [0.05, 0.1) is 5.69 Å². The maximum atomic E-state index is 12.7. The van der Waals surface area contributed by atoms with Crippen molar-refractivity contribution in [1.29, 1.82) is 0 Å². The Hall–Kier alpha value is -2.41. The van der Waals surface area contributed by atoms with Crippen LogP contribution >= 0.6 is 11.3 Å². The number of nitrogens with zero attached hydrogens (tertiary/aromatic N) is 2. The lowest BCUT2D eigenvalue weighted by atomic mass is 10.2. The molecular weight excluding hydrogens is 348 g/mol. The van der Waals surface area contributed by atoms with E-state index in [0.717, 1.165) is 31.5 Å². The first-order valence-corrected chi connectivity index (χ1v) is 9.67. The third-order valence-corrected chi connectivity index (χ3v) is 4.82. The number of nitrogens with one attached hydrogen (secondary N) is 2. The van der Waals surface area contributed by atoms with E-state index in [4.69, 9.17) is 0 Å². The molecule has 1 aromatic carbocycles. The Labute approximate surface area is 158 Å². The lowest BCUT2D eigenvalue weighted by Crippen LogP contribution is -2.32. The van der Waals surface area contributed by atoms with E-state index in [1.807, 2.05) is 36.1 Å². The number of aryl methyl sites for hydroxylation is 2. The largest absolute Gasteiger partial charge is 0.338 e. The Morgan fingerprint density at radius 3 is 2.42 bits per heavy atom. The van der Waals surface area contributed by atoms with Crippen LogP contribution < -0.4 is 10.6 Å². The van der Waals surface area contributed by atoms with E-state index in [1.165, 1.54) is 11.3 Å². The van der Waals surface area contributed by atoms with E-state index in [1.54, 1.807) is 6.92 Å². The summed E-state index contributed by atoms with van der Waals surface area (Å²) < 4.78 is 0. The number of hydrogen-bond acceptors (Lipinski definition) is 4. The second kappa shape index (κ2) is 9.33. The molecule has 0 aliphatic heterocycles. The molecule has 0 fully saturated rings. The molecule has 2 rings (SSSR count). The van der Waals surface area contributed by atoms with Crippen LogP contribution in [0.1, 0.15) is 47.6 Å². The molecule has 2 aromatic rings. The van der Waals surface area contributed by atoms with Crippen molar-refractivity contribution in [1.82, 2.24) is 9.88 Å². The summed E-state index contributed by atoms with van der Waals surface area (Å²) in [6, 6.07) is 7.17. The average molecular weight is 375 g/mol. The fourth-order valence-corrected chi connectivity index (χ4v) is 3.56. The van der Waals surface area contributed by atoms with E-state index in [9.17, 15) is 9.59 Å². The molecule has 6 nitrogen and oxygen atoms in total. The van der Waals surface area contributed by atoms with Crippen LogP contribution in [-0.2, 0) is 0 Å². The average Bonchev–Trinajstić information content (AvgIpc) is 2.94. The van der Waals surface area contributed by atoms with Crippen molar-refractivity contribution >= 4 is 34.1 Å². The highest BCUT2D eigenvalue weighted by atomic mass is 32.1. The molecule has 0 radical (unpaired) electrons. The number of carbonyl (C=O) groups is 2. The van der Waals surface area contributed by atoms with E-state index in [2.05, 4.69) is 29.5 Å². The topological polar surface area (TPSA) is 74.3 Å². The summed E-state index contributed by atoms with van der Waals surface area (Å²) in [7, 11) is 0. The lowest BCUT2D eigenvalue weighted by Gasteiger charge is -2.20. The predicted molar refractivity (Wildman–Crippen MR) is 107 cm³/mol. The van der Waals surface area contributed by atoms with E-state index in [-0.39, 0.29) is 11.9 Å². The maximum Gasteiger partial charge on any atom is 0.325 e. The van der Waals surface area contributed by atoms with E-state index in [0.29, 0.717) is 21.4 Å².